The van der Waals surface area contributed by atoms with Crippen molar-refractivity contribution in [1.29, 1.82) is 0 Å². The summed E-state index contributed by atoms with van der Waals surface area (Å²) in [4.78, 5) is 20.8. The van der Waals surface area contributed by atoms with E-state index in [0.29, 0.717) is 40.3 Å². The summed E-state index contributed by atoms with van der Waals surface area (Å²) in [6, 6.07) is 6.64. The molecule has 0 atom stereocenters. The van der Waals surface area contributed by atoms with Gasteiger partial charge >= 0.3 is 0 Å². The zero-order chi connectivity index (χ0) is 19.4. The number of nitrogens with one attached hydrogen (secondary N) is 1. The SMILES string of the molecule is CCCOc1cc2nccc(Oc3ncc(N)cc3Cl)c2cc1C(=O)NC. The zero-order valence-corrected chi connectivity index (χ0v) is 15.7. The fourth-order valence-corrected chi connectivity index (χ4v) is 2.71. The molecule has 140 valence electrons. The number of nitrogen functional groups attached to an aromatic ring is 1. The van der Waals surface area contributed by atoms with E-state index in [4.69, 9.17) is 26.8 Å². The fourth-order valence-electron chi connectivity index (χ4n) is 2.50. The number of halogens is 1. The Balaban J connectivity index is 2.09. The molecule has 27 heavy (non-hydrogen) atoms. The lowest BCUT2D eigenvalue weighted by atomic mass is 10.1. The minimum atomic E-state index is -0.263. The van der Waals surface area contributed by atoms with Crippen LogP contribution in [0.1, 0.15) is 23.7 Å². The van der Waals surface area contributed by atoms with E-state index in [1.54, 1.807) is 37.5 Å². The van der Waals surface area contributed by atoms with Crippen molar-refractivity contribution in [3.8, 4) is 17.4 Å². The number of hydrogen-bond donors (Lipinski definition) is 2. The van der Waals surface area contributed by atoms with E-state index < -0.39 is 0 Å². The van der Waals surface area contributed by atoms with Crippen LogP contribution in [-0.2, 0) is 0 Å². The highest BCUT2D eigenvalue weighted by Crippen LogP contribution is 2.35. The minimum Gasteiger partial charge on any atom is -0.493 e. The van der Waals surface area contributed by atoms with Crippen LogP contribution < -0.4 is 20.5 Å². The topological polar surface area (TPSA) is 99.4 Å². The van der Waals surface area contributed by atoms with Crippen molar-refractivity contribution in [3.63, 3.8) is 0 Å². The molecule has 0 aliphatic carbocycles. The molecule has 0 bridgehead atoms. The number of carbonyl (C=O) groups is 1. The molecule has 3 aromatic rings. The number of carbonyl (C=O) groups excluding carboxylic acids is 1. The van der Waals surface area contributed by atoms with Crippen LogP contribution >= 0.6 is 11.6 Å². The lowest BCUT2D eigenvalue weighted by Crippen LogP contribution is -2.19. The van der Waals surface area contributed by atoms with Crippen LogP contribution in [0.3, 0.4) is 0 Å². The van der Waals surface area contributed by atoms with E-state index in [0.717, 1.165) is 6.42 Å². The Labute approximate surface area is 161 Å². The first kappa shape index (κ1) is 18.7. The van der Waals surface area contributed by atoms with E-state index in [1.165, 1.54) is 6.20 Å². The summed E-state index contributed by atoms with van der Waals surface area (Å²) >= 11 is 6.15. The molecule has 3 rings (SSSR count). The van der Waals surface area contributed by atoms with Crippen molar-refractivity contribution in [1.82, 2.24) is 15.3 Å². The Morgan fingerprint density at radius 3 is 2.78 bits per heavy atom. The monoisotopic (exact) mass is 386 g/mol. The van der Waals surface area contributed by atoms with E-state index >= 15 is 0 Å². The van der Waals surface area contributed by atoms with Gasteiger partial charge in [-0.2, -0.15) is 0 Å². The van der Waals surface area contributed by atoms with Crippen molar-refractivity contribution < 1.29 is 14.3 Å². The van der Waals surface area contributed by atoms with E-state index in [9.17, 15) is 4.79 Å². The highest BCUT2D eigenvalue weighted by Gasteiger charge is 2.17. The number of pyridine rings is 2. The second-order valence-corrected chi connectivity index (χ2v) is 6.17. The third-order valence-corrected chi connectivity index (χ3v) is 4.04. The molecule has 7 nitrogen and oxygen atoms in total. The maximum absolute atomic E-state index is 12.3. The number of rotatable bonds is 6. The van der Waals surface area contributed by atoms with Gasteiger partial charge in [-0.1, -0.05) is 18.5 Å². The fraction of sp³-hybridized carbons (Fsp3) is 0.211. The van der Waals surface area contributed by atoms with Gasteiger partial charge in [-0.05, 0) is 24.6 Å². The van der Waals surface area contributed by atoms with Crippen molar-refractivity contribution in [2.75, 3.05) is 19.4 Å². The largest absolute Gasteiger partial charge is 0.493 e. The second kappa shape index (κ2) is 8.09. The second-order valence-electron chi connectivity index (χ2n) is 5.76. The molecule has 0 aliphatic heterocycles. The summed E-state index contributed by atoms with van der Waals surface area (Å²) in [6.45, 7) is 2.49. The van der Waals surface area contributed by atoms with Crippen molar-refractivity contribution in [2.24, 2.45) is 0 Å². The molecule has 8 heteroatoms. The summed E-state index contributed by atoms with van der Waals surface area (Å²) in [7, 11) is 1.56. The molecule has 2 aromatic heterocycles. The minimum absolute atomic E-state index is 0.214. The first-order chi connectivity index (χ1) is 13.0. The molecular weight excluding hydrogens is 368 g/mol. The average Bonchev–Trinajstić information content (AvgIpc) is 2.67. The lowest BCUT2D eigenvalue weighted by Gasteiger charge is -2.14. The number of fused-ring (bicyclic) bond motifs is 1. The Bertz CT molecular complexity index is 994. The lowest BCUT2D eigenvalue weighted by molar-refractivity contribution is 0.0959. The predicted octanol–water partition coefficient (Wildman–Crippen LogP) is 3.81. The molecule has 0 aliphatic rings. The average molecular weight is 387 g/mol. The van der Waals surface area contributed by atoms with Gasteiger partial charge in [0.1, 0.15) is 16.5 Å². The van der Waals surface area contributed by atoms with E-state index in [1.807, 2.05) is 6.92 Å². The van der Waals surface area contributed by atoms with Crippen molar-refractivity contribution in [2.45, 2.75) is 13.3 Å². The zero-order valence-electron chi connectivity index (χ0n) is 15.0. The Kier molecular flexibility index (Phi) is 5.61. The number of nitrogens with two attached hydrogens (primary N) is 1. The van der Waals surface area contributed by atoms with Gasteiger partial charge in [-0.15, -0.1) is 0 Å². The van der Waals surface area contributed by atoms with E-state index in [-0.39, 0.29) is 16.8 Å². The van der Waals surface area contributed by atoms with Crippen LogP contribution in [0.4, 0.5) is 5.69 Å². The third-order valence-electron chi connectivity index (χ3n) is 3.77. The van der Waals surface area contributed by atoms with Crippen molar-refractivity contribution in [3.05, 3.63) is 47.2 Å². The quantitative estimate of drug-likeness (QED) is 0.668. The number of ether oxygens (including phenoxy) is 2. The summed E-state index contributed by atoms with van der Waals surface area (Å²) in [6.07, 6.45) is 3.88. The normalized spacial score (nSPS) is 10.6. The standard InChI is InChI=1S/C19H19ClN4O3/c1-3-6-26-17-9-15-12(8-13(17)18(25)22-2)16(4-5-23-15)27-19-14(20)7-11(21)10-24-19/h4-5,7-10H,3,6,21H2,1-2H3,(H,22,25). The molecular formula is C19H19ClN4O3. The Morgan fingerprint density at radius 2 is 2.07 bits per heavy atom. The van der Waals surface area contributed by atoms with Gasteiger partial charge in [-0.25, -0.2) is 4.98 Å². The first-order valence-electron chi connectivity index (χ1n) is 8.40. The maximum atomic E-state index is 12.3. The maximum Gasteiger partial charge on any atom is 0.254 e. The van der Waals surface area contributed by atoms with Gasteiger partial charge in [-0.3, -0.25) is 9.78 Å². The van der Waals surface area contributed by atoms with Crippen LogP contribution in [-0.4, -0.2) is 29.5 Å². The van der Waals surface area contributed by atoms with Gasteiger partial charge in [0.25, 0.3) is 5.91 Å². The first-order valence-corrected chi connectivity index (χ1v) is 8.77. The Morgan fingerprint density at radius 1 is 1.26 bits per heavy atom. The number of amides is 1. The smallest absolute Gasteiger partial charge is 0.254 e. The van der Waals surface area contributed by atoms with Gasteiger partial charge in [0.05, 0.1) is 29.6 Å². The summed E-state index contributed by atoms with van der Waals surface area (Å²) in [5.41, 5.74) is 7.12. The van der Waals surface area contributed by atoms with Gasteiger partial charge < -0.3 is 20.5 Å². The molecule has 1 aromatic carbocycles. The number of benzene rings is 1. The van der Waals surface area contributed by atoms with Crippen molar-refractivity contribution >= 4 is 34.1 Å². The van der Waals surface area contributed by atoms with Gasteiger partial charge in [0, 0.05) is 24.7 Å². The van der Waals surface area contributed by atoms with E-state index in [2.05, 4.69) is 15.3 Å². The third kappa shape index (κ3) is 4.03. The molecule has 0 saturated carbocycles. The number of hydrogen-bond acceptors (Lipinski definition) is 6. The number of aromatic nitrogens is 2. The molecule has 2 heterocycles. The van der Waals surface area contributed by atoms with Crippen LogP contribution in [0.5, 0.6) is 17.4 Å². The Hall–Kier alpha value is -3.06. The molecule has 1 amide bonds. The van der Waals surface area contributed by atoms with Crippen LogP contribution in [0.2, 0.25) is 5.02 Å². The highest BCUT2D eigenvalue weighted by atomic mass is 35.5. The van der Waals surface area contributed by atoms with Gasteiger partial charge in [0.15, 0.2) is 0 Å². The summed E-state index contributed by atoms with van der Waals surface area (Å²) < 4.78 is 11.6. The van der Waals surface area contributed by atoms with Crippen LogP contribution in [0, 0.1) is 0 Å². The highest BCUT2D eigenvalue weighted by molar-refractivity contribution is 6.32. The molecule has 0 fully saturated rings. The van der Waals surface area contributed by atoms with Gasteiger partial charge in [0.2, 0.25) is 5.88 Å². The summed E-state index contributed by atoms with van der Waals surface area (Å²) in [5.74, 6) is 0.885. The number of anilines is 1. The summed E-state index contributed by atoms with van der Waals surface area (Å²) in [5, 5.41) is 3.54. The molecule has 0 saturated heterocycles. The molecule has 0 radical (unpaired) electrons. The molecule has 0 unspecified atom stereocenters. The number of nitrogens with zero attached hydrogens (tertiary/aromatic N) is 2. The molecule has 3 N–H and O–H groups in total. The van der Waals surface area contributed by atoms with Crippen LogP contribution in [0.15, 0.2) is 36.7 Å². The predicted molar refractivity (Wildman–Crippen MR) is 105 cm³/mol. The molecule has 0 spiro atoms. The van der Waals surface area contributed by atoms with Crippen LogP contribution in [0.25, 0.3) is 10.9 Å².